The van der Waals surface area contributed by atoms with Gasteiger partial charge < -0.3 is 15.1 Å². The summed E-state index contributed by atoms with van der Waals surface area (Å²) >= 11 is 0. The molecule has 1 aromatic carbocycles. The zero-order valence-corrected chi connectivity index (χ0v) is 19.8. The van der Waals surface area contributed by atoms with E-state index < -0.39 is 5.92 Å². The van der Waals surface area contributed by atoms with Crippen molar-refractivity contribution in [3.05, 3.63) is 60.2 Å². The molecule has 1 fully saturated rings. The van der Waals surface area contributed by atoms with Gasteiger partial charge in [-0.25, -0.2) is 18.2 Å². The second-order valence-electron chi connectivity index (χ2n) is 8.64. The SMILES string of the molecule is C=C(N=C/C(=C\C)C(C)(F)F)NCC(C)N(CC1CC1)C(=C)c1cccc(F)c1N(C)C. The van der Waals surface area contributed by atoms with Gasteiger partial charge in [0.05, 0.1) is 5.69 Å². The standard InChI is InChI=1S/C25H35F3N4/c1-8-21(25(5,27)28)15-30-19(4)29-14-17(2)32(16-20-12-13-20)18(3)22-10-9-11-23(26)24(22)31(6)7/h8-11,15,17,20,29H,3-4,12-14,16H2,1-2,5-7H3/b21-8+,30-15?. The molecule has 1 N–H and O–H groups in total. The predicted molar refractivity (Wildman–Crippen MR) is 129 cm³/mol. The number of allylic oxidation sites excluding steroid dienone is 2. The zero-order valence-electron chi connectivity index (χ0n) is 19.8. The maximum absolute atomic E-state index is 14.5. The molecule has 1 atom stereocenters. The molecule has 1 saturated carbocycles. The quantitative estimate of drug-likeness (QED) is 0.417. The average Bonchev–Trinajstić information content (AvgIpc) is 3.53. The Bertz CT molecular complexity index is 880. The predicted octanol–water partition coefficient (Wildman–Crippen LogP) is 5.70. The second-order valence-corrected chi connectivity index (χ2v) is 8.64. The number of aliphatic imine (C=N–C) groups is 1. The van der Waals surface area contributed by atoms with Crippen LogP contribution in [-0.4, -0.2) is 50.3 Å². The van der Waals surface area contributed by atoms with Crippen LogP contribution in [0, 0.1) is 11.7 Å². The van der Waals surface area contributed by atoms with E-state index in [9.17, 15) is 13.2 Å². The number of hydrogen-bond donors (Lipinski definition) is 1. The number of alkyl halides is 2. The molecule has 4 nitrogen and oxygen atoms in total. The molecule has 0 aliphatic heterocycles. The van der Waals surface area contributed by atoms with Crippen molar-refractivity contribution in [3.8, 4) is 0 Å². The van der Waals surface area contributed by atoms with Gasteiger partial charge >= 0.3 is 0 Å². The summed E-state index contributed by atoms with van der Waals surface area (Å²) in [6, 6.07) is 5.03. The molecular formula is C25H35F3N4. The Morgan fingerprint density at radius 2 is 1.97 bits per heavy atom. The summed E-state index contributed by atoms with van der Waals surface area (Å²) in [6.07, 6.45) is 4.81. The van der Waals surface area contributed by atoms with Crippen molar-refractivity contribution in [1.29, 1.82) is 0 Å². The van der Waals surface area contributed by atoms with E-state index in [0.29, 0.717) is 24.0 Å². The molecule has 1 aliphatic carbocycles. The maximum atomic E-state index is 14.5. The second kappa shape index (κ2) is 10.7. The fourth-order valence-corrected chi connectivity index (χ4v) is 3.50. The van der Waals surface area contributed by atoms with E-state index in [2.05, 4.69) is 28.4 Å². The van der Waals surface area contributed by atoms with Crippen LogP contribution in [0.25, 0.3) is 5.70 Å². The van der Waals surface area contributed by atoms with Crippen molar-refractivity contribution in [2.45, 2.75) is 45.6 Å². The molecule has 2 rings (SSSR count). The number of nitrogens with zero attached hydrogens (tertiary/aromatic N) is 3. The van der Waals surface area contributed by atoms with Crippen LogP contribution >= 0.6 is 0 Å². The van der Waals surface area contributed by atoms with Crippen molar-refractivity contribution >= 4 is 17.6 Å². The normalized spacial score (nSPS) is 15.6. The lowest BCUT2D eigenvalue weighted by atomic mass is 10.1. The minimum atomic E-state index is -2.96. The summed E-state index contributed by atoms with van der Waals surface area (Å²) in [7, 11) is 3.62. The highest BCUT2D eigenvalue weighted by molar-refractivity contribution is 5.81. The zero-order chi connectivity index (χ0) is 24.1. The number of rotatable bonds is 12. The van der Waals surface area contributed by atoms with Gasteiger partial charge in [-0.1, -0.05) is 31.4 Å². The van der Waals surface area contributed by atoms with Crippen molar-refractivity contribution in [2.24, 2.45) is 10.9 Å². The number of halogens is 3. The van der Waals surface area contributed by atoms with Crippen LogP contribution < -0.4 is 10.2 Å². The van der Waals surface area contributed by atoms with E-state index in [-0.39, 0.29) is 17.4 Å². The molecule has 0 amide bonds. The molecule has 0 bridgehead atoms. The van der Waals surface area contributed by atoms with E-state index in [1.807, 2.05) is 27.1 Å². The molecule has 0 aromatic heterocycles. The fraction of sp³-hybridized carbons (Fsp3) is 0.480. The smallest absolute Gasteiger partial charge is 0.271 e. The van der Waals surface area contributed by atoms with Crippen molar-refractivity contribution in [2.75, 3.05) is 32.1 Å². The van der Waals surface area contributed by atoms with E-state index in [4.69, 9.17) is 0 Å². The Hall–Kier alpha value is -2.70. The largest absolute Gasteiger partial charge is 0.375 e. The van der Waals surface area contributed by atoms with Crippen LogP contribution in [0.4, 0.5) is 18.9 Å². The molecule has 176 valence electrons. The van der Waals surface area contributed by atoms with Crippen LogP contribution in [-0.2, 0) is 0 Å². The molecule has 0 spiro atoms. The molecule has 0 saturated heterocycles. The Labute approximate surface area is 190 Å². The molecule has 1 aromatic rings. The third-order valence-electron chi connectivity index (χ3n) is 5.55. The first-order valence-electron chi connectivity index (χ1n) is 10.9. The first kappa shape index (κ1) is 25.6. The Morgan fingerprint density at radius 1 is 1.31 bits per heavy atom. The summed E-state index contributed by atoms with van der Waals surface area (Å²) in [4.78, 5) is 7.98. The average molecular weight is 449 g/mol. The highest BCUT2D eigenvalue weighted by atomic mass is 19.3. The van der Waals surface area contributed by atoms with E-state index in [1.54, 1.807) is 17.9 Å². The van der Waals surface area contributed by atoms with Crippen LogP contribution in [0.15, 0.2) is 53.8 Å². The van der Waals surface area contributed by atoms with E-state index >= 15 is 0 Å². The summed E-state index contributed by atoms with van der Waals surface area (Å²) in [5, 5.41) is 3.11. The molecule has 32 heavy (non-hydrogen) atoms. The molecular weight excluding hydrogens is 413 g/mol. The Kier molecular flexibility index (Phi) is 8.58. The number of hydrogen-bond acceptors (Lipinski definition) is 4. The maximum Gasteiger partial charge on any atom is 0.271 e. The molecule has 0 heterocycles. The summed E-state index contributed by atoms with van der Waals surface area (Å²) < 4.78 is 41.5. The number of nitrogens with one attached hydrogen (secondary N) is 1. The minimum absolute atomic E-state index is 0.00198. The summed E-state index contributed by atoms with van der Waals surface area (Å²) in [5.41, 5.74) is 1.85. The highest BCUT2D eigenvalue weighted by Gasteiger charge is 2.29. The Balaban J connectivity index is 2.12. The van der Waals surface area contributed by atoms with E-state index in [0.717, 1.165) is 30.9 Å². The van der Waals surface area contributed by atoms with Crippen LogP contribution in [0.1, 0.15) is 39.2 Å². The van der Waals surface area contributed by atoms with Crippen molar-refractivity contribution < 1.29 is 13.2 Å². The number of benzene rings is 1. The molecule has 1 aliphatic rings. The van der Waals surface area contributed by atoms with Gasteiger partial charge in [-0.05, 0) is 38.7 Å². The van der Waals surface area contributed by atoms with Crippen molar-refractivity contribution in [1.82, 2.24) is 10.2 Å². The lowest BCUT2D eigenvalue weighted by molar-refractivity contribution is 0.0705. The van der Waals surface area contributed by atoms with Crippen molar-refractivity contribution in [3.63, 3.8) is 0 Å². The summed E-state index contributed by atoms with van der Waals surface area (Å²) in [6.45, 7) is 13.9. The minimum Gasteiger partial charge on any atom is -0.375 e. The first-order chi connectivity index (χ1) is 15.0. The van der Waals surface area contributed by atoms with E-state index in [1.165, 1.54) is 25.0 Å². The topological polar surface area (TPSA) is 30.9 Å². The van der Waals surface area contributed by atoms with Gasteiger partial charge in [0.25, 0.3) is 5.92 Å². The molecule has 7 heteroatoms. The number of anilines is 1. The highest BCUT2D eigenvalue weighted by Crippen LogP contribution is 2.36. The monoisotopic (exact) mass is 448 g/mol. The van der Waals surface area contributed by atoms with Crippen LogP contribution in [0.2, 0.25) is 0 Å². The third kappa shape index (κ3) is 6.90. The number of para-hydroxylation sites is 1. The van der Waals surface area contributed by atoms with Gasteiger partial charge in [0, 0.05) is 63.2 Å². The van der Waals surface area contributed by atoms with Gasteiger partial charge in [-0.15, -0.1) is 0 Å². The van der Waals surface area contributed by atoms with Gasteiger partial charge in [0.2, 0.25) is 0 Å². The summed E-state index contributed by atoms with van der Waals surface area (Å²) in [5.74, 6) is -2.35. The lowest BCUT2D eigenvalue weighted by Gasteiger charge is -2.35. The van der Waals surface area contributed by atoms with Gasteiger partial charge in [-0.2, -0.15) is 0 Å². The molecule has 1 unspecified atom stereocenters. The third-order valence-corrected chi connectivity index (χ3v) is 5.55. The van der Waals surface area contributed by atoms with Gasteiger partial charge in [0.15, 0.2) is 0 Å². The van der Waals surface area contributed by atoms with Gasteiger partial charge in [0.1, 0.15) is 11.6 Å². The Morgan fingerprint density at radius 3 is 2.50 bits per heavy atom. The molecule has 0 radical (unpaired) electrons. The van der Waals surface area contributed by atoms with Crippen LogP contribution in [0.5, 0.6) is 0 Å². The first-order valence-corrected chi connectivity index (χ1v) is 10.9. The fourth-order valence-electron chi connectivity index (χ4n) is 3.50. The van der Waals surface area contributed by atoms with Gasteiger partial charge in [-0.3, -0.25) is 0 Å². The van der Waals surface area contributed by atoms with Crippen LogP contribution in [0.3, 0.4) is 0 Å². The lowest BCUT2D eigenvalue weighted by Crippen LogP contribution is -2.40.